The average Bonchev–Trinajstić information content (AvgIpc) is 2.61. The first-order valence-corrected chi connectivity index (χ1v) is 8.63. The van der Waals surface area contributed by atoms with E-state index >= 15 is 0 Å². The number of benzene rings is 1. The van der Waals surface area contributed by atoms with Crippen molar-refractivity contribution < 1.29 is 12.6 Å². The maximum atomic E-state index is 12.3. The zero-order valence-corrected chi connectivity index (χ0v) is 11.8. The van der Waals surface area contributed by atoms with Crippen molar-refractivity contribution in [1.29, 1.82) is 0 Å². The van der Waals surface area contributed by atoms with E-state index in [9.17, 15) is 8.42 Å². The van der Waals surface area contributed by atoms with Crippen LogP contribution in [-0.4, -0.2) is 14.5 Å². The molecule has 0 bridgehead atoms. The topological polar surface area (TPSA) is 43.4 Å². The molecule has 1 aromatic carbocycles. The van der Waals surface area contributed by atoms with Gasteiger partial charge < -0.3 is 0 Å². The first-order valence-electron chi connectivity index (χ1n) is 7.15. The Hall–Kier alpha value is -0.870. The molecule has 2 aliphatic rings. The Balaban J connectivity index is 1.96. The Bertz CT molecular complexity index is 524. The zero-order chi connectivity index (χ0) is 13.3. The van der Waals surface area contributed by atoms with Gasteiger partial charge in [0.25, 0.3) is 10.1 Å². The third kappa shape index (κ3) is 2.56. The lowest BCUT2D eigenvalue weighted by Gasteiger charge is -2.23. The maximum absolute atomic E-state index is 12.3. The molecule has 3 atom stereocenters. The van der Waals surface area contributed by atoms with Crippen LogP contribution in [0.2, 0.25) is 0 Å². The van der Waals surface area contributed by atoms with Gasteiger partial charge in [0.1, 0.15) is 5.25 Å². The quantitative estimate of drug-likeness (QED) is 0.740. The molecule has 0 spiro atoms. The summed E-state index contributed by atoms with van der Waals surface area (Å²) in [5.41, 5.74) is 0.885. The van der Waals surface area contributed by atoms with Gasteiger partial charge in [-0.25, -0.2) is 0 Å². The first-order chi connectivity index (χ1) is 9.18. The van der Waals surface area contributed by atoms with Crippen molar-refractivity contribution in [2.24, 2.45) is 5.92 Å². The molecule has 104 valence electrons. The molecule has 0 aromatic heterocycles. The highest BCUT2D eigenvalue weighted by atomic mass is 32.2. The molecule has 2 fully saturated rings. The van der Waals surface area contributed by atoms with E-state index < -0.39 is 15.4 Å². The monoisotopic (exact) mass is 280 g/mol. The molecule has 1 aliphatic heterocycles. The van der Waals surface area contributed by atoms with Crippen molar-refractivity contribution >= 4 is 10.1 Å². The second kappa shape index (κ2) is 5.25. The minimum absolute atomic E-state index is 0.101. The molecule has 0 radical (unpaired) electrons. The number of fused-ring (bicyclic) bond motifs is 1. The molecular formula is C15H20O3S. The highest BCUT2D eigenvalue weighted by molar-refractivity contribution is 7.87. The molecule has 0 N–H and O–H groups in total. The summed E-state index contributed by atoms with van der Waals surface area (Å²) in [4.78, 5) is 0. The van der Waals surface area contributed by atoms with Crippen molar-refractivity contribution in [3.8, 4) is 0 Å². The van der Waals surface area contributed by atoms with Crippen molar-refractivity contribution in [2.45, 2.75) is 49.9 Å². The fourth-order valence-electron chi connectivity index (χ4n) is 3.45. The summed E-state index contributed by atoms with van der Waals surface area (Å²) in [6.07, 6.45) is 6.35. The SMILES string of the molecule is O=S1(=O)O[C@H]2CCCCCC[C@H]2C1c1ccccc1. The summed E-state index contributed by atoms with van der Waals surface area (Å²) >= 11 is 0. The molecule has 1 heterocycles. The normalized spacial score (nSPS) is 34.2. The number of rotatable bonds is 1. The summed E-state index contributed by atoms with van der Waals surface area (Å²) in [7, 11) is -3.46. The van der Waals surface area contributed by atoms with Gasteiger partial charge in [-0.2, -0.15) is 8.42 Å². The summed E-state index contributed by atoms with van der Waals surface area (Å²) in [5.74, 6) is 0.132. The van der Waals surface area contributed by atoms with Gasteiger partial charge >= 0.3 is 0 Å². The Kier molecular flexibility index (Phi) is 3.63. The summed E-state index contributed by atoms with van der Waals surface area (Å²) in [5, 5.41) is -0.461. The van der Waals surface area contributed by atoms with E-state index in [-0.39, 0.29) is 12.0 Å². The van der Waals surface area contributed by atoms with E-state index in [1.165, 1.54) is 12.8 Å². The van der Waals surface area contributed by atoms with E-state index in [2.05, 4.69) is 0 Å². The van der Waals surface area contributed by atoms with Gasteiger partial charge in [-0.3, -0.25) is 4.18 Å². The Morgan fingerprint density at radius 1 is 0.947 bits per heavy atom. The standard InChI is InChI=1S/C15H20O3S/c16-19(17)15(12-8-4-3-5-9-12)13-10-6-1-2-7-11-14(13)18-19/h3-5,8-9,13-15H,1-2,6-7,10-11H2/t13-,14+,15?/m1/s1. The molecule has 1 saturated heterocycles. The Morgan fingerprint density at radius 2 is 1.63 bits per heavy atom. The molecule has 1 saturated carbocycles. The zero-order valence-electron chi connectivity index (χ0n) is 11.0. The fraction of sp³-hybridized carbons (Fsp3) is 0.600. The van der Waals surface area contributed by atoms with Gasteiger partial charge in [-0.15, -0.1) is 0 Å². The van der Waals surface area contributed by atoms with Crippen molar-refractivity contribution in [3.63, 3.8) is 0 Å². The molecular weight excluding hydrogens is 260 g/mol. The highest BCUT2D eigenvalue weighted by Crippen LogP contribution is 2.46. The first kappa shape index (κ1) is 13.1. The van der Waals surface area contributed by atoms with E-state index in [1.807, 2.05) is 30.3 Å². The van der Waals surface area contributed by atoms with Gasteiger partial charge in [0.15, 0.2) is 0 Å². The average molecular weight is 280 g/mol. The lowest BCUT2D eigenvalue weighted by Crippen LogP contribution is -2.21. The molecule has 19 heavy (non-hydrogen) atoms. The van der Waals surface area contributed by atoms with Crippen LogP contribution in [0.5, 0.6) is 0 Å². The molecule has 1 unspecified atom stereocenters. The summed E-state index contributed by atoms with van der Waals surface area (Å²) < 4.78 is 30.1. The predicted molar refractivity (Wildman–Crippen MR) is 74.2 cm³/mol. The largest absolute Gasteiger partial charge is 0.275 e. The van der Waals surface area contributed by atoms with Crippen LogP contribution in [0.3, 0.4) is 0 Å². The van der Waals surface area contributed by atoms with Crippen LogP contribution in [0, 0.1) is 5.92 Å². The summed E-state index contributed by atoms with van der Waals surface area (Å²) in [6, 6.07) is 9.54. The molecule has 1 aromatic rings. The van der Waals surface area contributed by atoms with Crippen LogP contribution < -0.4 is 0 Å². The second-order valence-corrected chi connectivity index (χ2v) is 7.30. The van der Waals surface area contributed by atoms with E-state index in [1.54, 1.807) is 0 Å². The van der Waals surface area contributed by atoms with Crippen LogP contribution >= 0.6 is 0 Å². The van der Waals surface area contributed by atoms with Gasteiger partial charge in [0.2, 0.25) is 0 Å². The third-order valence-corrected chi connectivity index (χ3v) is 6.10. The number of hydrogen-bond donors (Lipinski definition) is 0. The van der Waals surface area contributed by atoms with Crippen LogP contribution in [0.25, 0.3) is 0 Å². The van der Waals surface area contributed by atoms with Gasteiger partial charge in [-0.05, 0) is 18.4 Å². The Morgan fingerprint density at radius 3 is 2.37 bits per heavy atom. The predicted octanol–water partition coefficient (Wildman–Crippen LogP) is 3.43. The van der Waals surface area contributed by atoms with Crippen LogP contribution in [-0.2, 0) is 14.3 Å². The Labute approximate surface area is 115 Å². The van der Waals surface area contributed by atoms with Crippen LogP contribution in [0.15, 0.2) is 30.3 Å². The minimum Gasteiger partial charge on any atom is -0.266 e. The van der Waals surface area contributed by atoms with Crippen molar-refractivity contribution in [3.05, 3.63) is 35.9 Å². The number of hydrogen-bond acceptors (Lipinski definition) is 3. The fourth-order valence-corrected chi connectivity index (χ4v) is 5.38. The van der Waals surface area contributed by atoms with Gasteiger partial charge in [0, 0.05) is 5.92 Å². The molecule has 3 nitrogen and oxygen atoms in total. The molecule has 3 rings (SSSR count). The highest BCUT2D eigenvalue weighted by Gasteiger charge is 2.48. The smallest absolute Gasteiger partial charge is 0.266 e. The molecule has 0 amide bonds. The van der Waals surface area contributed by atoms with E-state index in [0.29, 0.717) is 0 Å². The maximum Gasteiger partial charge on any atom is 0.275 e. The van der Waals surface area contributed by atoms with E-state index in [0.717, 1.165) is 31.2 Å². The third-order valence-electron chi connectivity index (χ3n) is 4.34. The van der Waals surface area contributed by atoms with Gasteiger partial charge in [-0.1, -0.05) is 56.0 Å². The van der Waals surface area contributed by atoms with Crippen molar-refractivity contribution in [2.75, 3.05) is 0 Å². The van der Waals surface area contributed by atoms with Crippen LogP contribution in [0.4, 0.5) is 0 Å². The van der Waals surface area contributed by atoms with E-state index in [4.69, 9.17) is 4.18 Å². The van der Waals surface area contributed by atoms with Crippen molar-refractivity contribution in [1.82, 2.24) is 0 Å². The summed E-state index contributed by atoms with van der Waals surface area (Å²) in [6.45, 7) is 0. The molecule has 4 heteroatoms. The van der Waals surface area contributed by atoms with Crippen LogP contribution in [0.1, 0.15) is 49.3 Å². The second-order valence-electron chi connectivity index (χ2n) is 5.61. The molecule has 1 aliphatic carbocycles. The minimum atomic E-state index is -3.46. The lowest BCUT2D eigenvalue weighted by atomic mass is 9.84. The van der Waals surface area contributed by atoms with Gasteiger partial charge in [0.05, 0.1) is 6.10 Å². The lowest BCUT2D eigenvalue weighted by molar-refractivity contribution is 0.152.